The van der Waals surface area contributed by atoms with Crippen LogP contribution in [0.25, 0.3) is 0 Å². The molecule has 0 atom stereocenters. The Morgan fingerprint density at radius 3 is 1.59 bits per heavy atom. The molecule has 0 saturated heterocycles. The van der Waals surface area contributed by atoms with Crippen LogP contribution in [0.2, 0.25) is 0 Å². The van der Waals surface area contributed by atoms with Gasteiger partial charge in [-0.3, -0.25) is 0 Å². The molecule has 0 spiro atoms. The molecule has 1 aromatic rings. The van der Waals surface area contributed by atoms with Crippen molar-refractivity contribution in [1.29, 1.82) is 10.5 Å². The van der Waals surface area contributed by atoms with Crippen molar-refractivity contribution < 1.29 is 14.2 Å². The highest BCUT2D eigenvalue weighted by Crippen LogP contribution is 2.25. The Morgan fingerprint density at radius 1 is 0.941 bits per heavy atom. The van der Waals surface area contributed by atoms with Gasteiger partial charge in [0.2, 0.25) is 0 Å². The maximum absolute atomic E-state index is 8.20. The first-order chi connectivity index (χ1) is 8.29. The van der Waals surface area contributed by atoms with Crippen molar-refractivity contribution in [2.24, 2.45) is 0 Å². The van der Waals surface area contributed by atoms with Gasteiger partial charge in [0.15, 0.2) is 11.5 Å². The SMILES string of the molecule is CCOCC.N#COc1ccccc1OC#N. The van der Waals surface area contributed by atoms with Gasteiger partial charge in [-0.15, -0.1) is 10.5 Å². The average Bonchev–Trinajstić information content (AvgIpc) is 2.34. The fourth-order valence-electron chi connectivity index (χ4n) is 0.921. The number of benzene rings is 1. The Labute approximate surface area is 101 Å². The number of nitriles is 2. The maximum atomic E-state index is 8.20. The van der Waals surface area contributed by atoms with Crippen molar-refractivity contribution in [1.82, 2.24) is 0 Å². The van der Waals surface area contributed by atoms with Crippen LogP contribution in [0.5, 0.6) is 11.5 Å². The van der Waals surface area contributed by atoms with Gasteiger partial charge >= 0.3 is 0 Å². The zero-order valence-corrected chi connectivity index (χ0v) is 9.84. The molecule has 0 amide bonds. The third kappa shape index (κ3) is 6.77. The van der Waals surface area contributed by atoms with Gasteiger partial charge in [0, 0.05) is 13.2 Å². The van der Waals surface area contributed by atoms with Gasteiger partial charge in [-0.1, -0.05) is 12.1 Å². The molecule has 0 bridgehead atoms. The van der Waals surface area contributed by atoms with Crippen molar-refractivity contribution >= 4 is 0 Å². The molecule has 1 aromatic carbocycles. The normalized spacial score (nSPS) is 8.00. The predicted molar refractivity (Wildman–Crippen MR) is 61.1 cm³/mol. The van der Waals surface area contributed by atoms with E-state index in [0.29, 0.717) is 0 Å². The highest BCUT2D eigenvalue weighted by atomic mass is 16.5. The second-order valence-corrected chi connectivity index (χ2v) is 2.61. The van der Waals surface area contributed by atoms with Crippen molar-refractivity contribution in [3.63, 3.8) is 0 Å². The van der Waals surface area contributed by atoms with Crippen molar-refractivity contribution in [3.05, 3.63) is 24.3 Å². The molecule has 5 heteroatoms. The van der Waals surface area contributed by atoms with Gasteiger partial charge in [0.25, 0.3) is 12.5 Å². The van der Waals surface area contributed by atoms with E-state index in [1.807, 2.05) is 13.8 Å². The maximum Gasteiger partial charge on any atom is 0.292 e. The molecule has 0 aliphatic heterocycles. The second kappa shape index (κ2) is 10.3. The lowest BCUT2D eigenvalue weighted by Gasteiger charge is -1.99. The molecule has 0 fully saturated rings. The van der Waals surface area contributed by atoms with Crippen LogP contribution >= 0.6 is 0 Å². The average molecular weight is 234 g/mol. The molecule has 0 aromatic heterocycles. The minimum Gasteiger partial charge on any atom is -0.384 e. The Balaban J connectivity index is 0.000000437. The van der Waals surface area contributed by atoms with Gasteiger partial charge in [0.1, 0.15) is 0 Å². The van der Waals surface area contributed by atoms with Gasteiger partial charge in [-0.25, -0.2) is 0 Å². The van der Waals surface area contributed by atoms with Crippen LogP contribution < -0.4 is 9.47 Å². The fraction of sp³-hybridized carbons (Fsp3) is 0.333. The zero-order chi connectivity index (χ0) is 12.9. The van der Waals surface area contributed by atoms with E-state index < -0.39 is 0 Å². The van der Waals surface area contributed by atoms with E-state index in [0.717, 1.165) is 13.2 Å². The van der Waals surface area contributed by atoms with Crippen molar-refractivity contribution in [3.8, 4) is 24.0 Å². The first-order valence-electron chi connectivity index (χ1n) is 5.08. The molecule has 5 nitrogen and oxygen atoms in total. The lowest BCUT2D eigenvalue weighted by Crippen LogP contribution is -1.87. The molecule has 0 N–H and O–H groups in total. The Bertz CT molecular complexity index is 356. The smallest absolute Gasteiger partial charge is 0.292 e. The van der Waals surface area contributed by atoms with Gasteiger partial charge in [-0.2, -0.15) is 0 Å². The number of ether oxygens (including phenoxy) is 3. The minimum absolute atomic E-state index is 0.238. The molecule has 17 heavy (non-hydrogen) atoms. The highest BCUT2D eigenvalue weighted by molar-refractivity contribution is 5.40. The third-order valence-corrected chi connectivity index (χ3v) is 1.57. The predicted octanol–water partition coefficient (Wildman–Crippen LogP) is 2.45. The van der Waals surface area contributed by atoms with E-state index in [-0.39, 0.29) is 11.5 Å². The summed E-state index contributed by atoms with van der Waals surface area (Å²) in [5.41, 5.74) is 0. The summed E-state index contributed by atoms with van der Waals surface area (Å²) in [7, 11) is 0. The van der Waals surface area contributed by atoms with Crippen molar-refractivity contribution in [2.45, 2.75) is 13.8 Å². The summed E-state index contributed by atoms with van der Waals surface area (Å²) >= 11 is 0. The van der Waals surface area contributed by atoms with E-state index >= 15 is 0 Å². The van der Waals surface area contributed by atoms with E-state index in [1.165, 1.54) is 24.6 Å². The molecule has 0 unspecified atom stereocenters. The summed E-state index contributed by atoms with van der Waals surface area (Å²) in [4.78, 5) is 0. The Morgan fingerprint density at radius 2 is 1.35 bits per heavy atom. The third-order valence-electron chi connectivity index (χ3n) is 1.57. The summed E-state index contributed by atoms with van der Waals surface area (Å²) in [5.74, 6) is 0.475. The first kappa shape index (κ1) is 14.8. The topological polar surface area (TPSA) is 75.3 Å². The Hall–Kier alpha value is -2.24. The molecule has 0 heterocycles. The number of hydrogen-bond donors (Lipinski definition) is 0. The van der Waals surface area contributed by atoms with Crippen LogP contribution in [0.15, 0.2) is 24.3 Å². The van der Waals surface area contributed by atoms with E-state index in [1.54, 1.807) is 12.1 Å². The molecule has 0 aliphatic rings. The minimum atomic E-state index is 0.238. The molecule has 0 radical (unpaired) electrons. The second-order valence-electron chi connectivity index (χ2n) is 2.61. The lowest BCUT2D eigenvalue weighted by molar-refractivity contribution is 0.162. The molecule has 1 rings (SSSR count). The van der Waals surface area contributed by atoms with Gasteiger partial charge in [0.05, 0.1) is 0 Å². The number of para-hydroxylation sites is 2. The van der Waals surface area contributed by atoms with Gasteiger partial charge in [-0.05, 0) is 26.0 Å². The van der Waals surface area contributed by atoms with Crippen molar-refractivity contribution in [2.75, 3.05) is 13.2 Å². The summed E-state index contributed by atoms with van der Waals surface area (Å²) in [5, 5.41) is 16.4. The molecule has 0 aliphatic carbocycles. The largest absolute Gasteiger partial charge is 0.384 e. The summed E-state index contributed by atoms with van der Waals surface area (Å²) in [6.07, 6.45) is 2.99. The first-order valence-corrected chi connectivity index (χ1v) is 5.08. The summed E-state index contributed by atoms with van der Waals surface area (Å²) < 4.78 is 13.9. The van der Waals surface area contributed by atoms with Crippen LogP contribution in [0.1, 0.15) is 13.8 Å². The number of hydrogen-bond acceptors (Lipinski definition) is 5. The van der Waals surface area contributed by atoms with Crippen LogP contribution in [0.4, 0.5) is 0 Å². The molecular formula is C12H14N2O3. The standard InChI is InChI=1S/C8H4N2O2.C4H10O/c9-5-11-7-3-1-2-4-8(7)12-6-10;1-3-5-4-2/h1-4H;3-4H2,1-2H3. The summed E-state index contributed by atoms with van der Waals surface area (Å²) in [6.45, 7) is 5.67. The number of nitrogens with zero attached hydrogens (tertiary/aromatic N) is 2. The monoisotopic (exact) mass is 234 g/mol. The Kier molecular flexibility index (Phi) is 8.93. The molecule has 90 valence electrons. The van der Waals surface area contributed by atoms with E-state index in [9.17, 15) is 0 Å². The fourth-order valence-corrected chi connectivity index (χ4v) is 0.921. The molecular weight excluding hydrogens is 220 g/mol. The van der Waals surface area contributed by atoms with Crippen LogP contribution in [-0.2, 0) is 4.74 Å². The summed E-state index contributed by atoms with van der Waals surface area (Å²) in [6, 6.07) is 6.43. The zero-order valence-electron chi connectivity index (χ0n) is 9.84. The van der Waals surface area contributed by atoms with Gasteiger partial charge < -0.3 is 14.2 Å². The number of rotatable bonds is 4. The highest BCUT2D eigenvalue weighted by Gasteiger charge is 2.02. The van der Waals surface area contributed by atoms with Crippen LogP contribution in [0.3, 0.4) is 0 Å². The van der Waals surface area contributed by atoms with E-state index in [4.69, 9.17) is 15.3 Å². The van der Waals surface area contributed by atoms with E-state index in [2.05, 4.69) is 9.47 Å². The quantitative estimate of drug-likeness (QED) is 0.748. The lowest BCUT2D eigenvalue weighted by atomic mass is 10.3. The van der Waals surface area contributed by atoms with Crippen LogP contribution in [0, 0.1) is 23.0 Å². The van der Waals surface area contributed by atoms with Crippen LogP contribution in [-0.4, -0.2) is 13.2 Å². The molecule has 0 saturated carbocycles.